The van der Waals surface area contributed by atoms with E-state index in [1.165, 1.54) is 31.3 Å². The fourth-order valence-electron chi connectivity index (χ4n) is 2.09. The molecule has 0 spiro atoms. The van der Waals surface area contributed by atoms with Crippen molar-refractivity contribution in [3.63, 3.8) is 0 Å². The van der Waals surface area contributed by atoms with Crippen LogP contribution in [0.2, 0.25) is 0 Å². The number of carbonyl (C=O) groups is 1. The molecular weight excluding hydrogens is 220 g/mol. The maximum absolute atomic E-state index is 11.1. The van der Waals surface area contributed by atoms with Gasteiger partial charge in [0.05, 0.1) is 0 Å². The van der Waals surface area contributed by atoms with Crippen LogP contribution in [-0.2, 0) is 0 Å². The van der Waals surface area contributed by atoms with Crippen LogP contribution in [0.4, 0.5) is 0 Å². The van der Waals surface area contributed by atoms with Gasteiger partial charge in [-0.1, -0.05) is 63.5 Å². The lowest BCUT2D eigenvalue weighted by Gasteiger charge is -2.10. The van der Waals surface area contributed by atoms with E-state index in [4.69, 9.17) is 0 Å². The summed E-state index contributed by atoms with van der Waals surface area (Å²) in [6.45, 7) is 4.41. The molecule has 0 radical (unpaired) electrons. The number of carbonyl (C=O) groups excluding carboxylic acids is 1. The van der Waals surface area contributed by atoms with E-state index in [-0.39, 0.29) is 0 Å². The fraction of sp³-hybridized carbons (Fsp3) is 0.471. The minimum absolute atomic E-state index is 0.816. The zero-order valence-electron chi connectivity index (χ0n) is 11.6. The third kappa shape index (κ3) is 4.48. The molecule has 0 aliphatic heterocycles. The van der Waals surface area contributed by atoms with Crippen molar-refractivity contribution in [1.82, 2.24) is 0 Å². The summed E-state index contributed by atoms with van der Waals surface area (Å²) >= 11 is 0. The molecule has 1 rings (SSSR count). The number of hydrogen-bond acceptors (Lipinski definition) is 1. The number of hydrogen-bond donors (Lipinski definition) is 0. The number of aldehydes is 1. The van der Waals surface area contributed by atoms with Gasteiger partial charge < -0.3 is 0 Å². The molecule has 0 aliphatic rings. The highest BCUT2D eigenvalue weighted by molar-refractivity contribution is 5.85. The van der Waals surface area contributed by atoms with Gasteiger partial charge in [0.15, 0.2) is 6.29 Å². The first kappa shape index (κ1) is 14.7. The second kappa shape index (κ2) is 8.68. The van der Waals surface area contributed by atoms with E-state index in [1.807, 2.05) is 18.2 Å². The molecule has 1 nitrogen and oxygen atoms in total. The van der Waals surface area contributed by atoms with E-state index in [0.29, 0.717) is 0 Å². The zero-order valence-corrected chi connectivity index (χ0v) is 11.6. The predicted octanol–water partition coefficient (Wildman–Crippen LogP) is 5.26. The van der Waals surface area contributed by atoms with Gasteiger partial charge in [-0.15, -0.1) is 0 Å². The first-order chi connectivity index (χ1) is 8.83. The third-order valence-electron chi connectivity index (χ3n) is 3.18. The summed E-state index contributed by atoms with van der Waals surface area (Å²) in [4.78, 5) is 11.1. The molecule has 98 valence electrons. The van der Waals surface area contributed by atoms with Crippen molar-refractivity contribution in [2.24, 2.45) is 0 Å². The minimum atomic E-state index is 0.816. The Hall–Kier alpha value is -1.37. The van der Waals surface area contributed by atoms with Gasteiger partial charge in [-0.2, -0.15) is 0 Å². The molecule has 0 atom stereocenters. The molecule has 1 aromatic rings. The highest BCUT2D eigenvalue weighted by Gasteiger charge is 2.06. The standard InChI is InChI=1S/C17H24O/c1-3-5-7-11-15(10-6-4-2)17-13-9-8-12-16(17)14-18/h8-9,11-14H,3-7,10H2,1-2H3/b15-11+. The van der Waals surface area contributed by atoms with Crippen LogP contribution in [0.25, 0.3) is 5.57 Å². The van der Waals surface area contributed by atoms with Crippen molar-refractivity contribution in [3.05, 3.63) is 41.5 Å². The Bertz CT molecular complexity index is 390. The quantitative estimate of drug-likeness (QED) is 0.450. The topological polar surface area (TPSA) is 17.1 Å². The lowest BCUT2D eigenvalue weighted by atomic mass is 9.95. The second-order valence-electron chi connectivity index (χ2n) is 4.68. The number of benzene rings is 1. The Morgan fingerprint density at radius 3 is 2.50 bits per heavy atom. The van der Waals surface area contributed by atoms with Gasteiger partial charge in [0.25, 0.3) is 0 Å². The normalized spacial score (nSPS) is 11.6. The van der Waals surface area contributed by atoms with Crippen molar-refractivity contribution >= 4 is 11.9 Å². The van der Waals surface area contributed by atoms with Crippen LogP contribution in [0.3, 0.4) is 0 Å². The maximum atomic E-state index is 11.1. The average molecular weight is 244 g/mol. The minimum Gasteiger partial charge on any atom is -0.298 e. The molecule has 0 bridgehead atoms. The van der Waals surface area contributed by atoms with E-state index in [0.717, 1.165) is 30.3 Å². The van der Waals surface area contributed by atoms with Crippen molar-refractivity contribution < 1.29 is 4.79 Å². The van der Waals surface area contributed by atoms with E-state index in [9.17, 15) is 4.79 Å². The molecule has 1 aromatic carbocycles. The van der Waals surface area contributed by atoms with Gasteiger partial charge in [0, 0.05) is 5.56 Å². The van der Waals surface area contributed by atoms with Crippen LogP contribution in [-0.4, -0.2) is 6.29 Å². The van der Waals surface area contributed by atoms with Crippen LogP contribution >= 0.6 is 0 Å². The predicted molar refractivity (Wildman–Crippen MR) is 78.9 cm³/mol. The Labute approximate surface area is 111 Å². The lowest BCUT2D eigenvalue weighted by molar-refractivity contribution is 0.112. The molecule has 0 unspecified atom stereocenters. The SMILES string of the molecule is CCCC/C=C(\CCCC)c1ccccc1C=O. The first-order valence-electron chi connectivity index (χ1n) is 7.07. The van der Waals surface area contributed by atoms with E-state index >= 15 is 0 Å². The second-order valence-corrected chi connectivity index (χ2v) is 4.68. The van der Waals surface area contributed by atoms with Gasteiger partial charge in [0.1, 0.15) is 0 Å². The van der Waals surface area contributed by atoms with Crippen LogP contribution in [0.5, 0.6) is 0 Å². The summed E-state index contributed by atoms with van der Waals surface area (Å²) in [5, 5.41) is 0. The number of rotatable bonds is 8. The summed E-state index contributed by atoms with van der Waals surface area (Å²) in [7, 11) is 0. The van der Waals surface area contributed by atoms with E-state index in [2.05, 4.69) is 26.0 Å². The summed E-state index contributed by atoms with van der Waals surface area (Å²) in [6.07, 6.45) is 10.3. The first-order valence-corrected chi connectivity index (χ1v) is 7.07. The number of unbranched alkanes of at least 4 members (excludes halogenated alkanes) is 3. The molecule has 0 saturated heterocycles. The van der Waals surface area contributed by atoms with Crippen molar-refractivity contribution in [3.8, 4) is 0 Å². The van der Waals surface area contributed by atoms with E-state index in [1.54, 1.807) is 0 Å². The number of allylic oxidation sites excluding steroid dienone is 2. The van der Waals surface area contributed by atoms with Gasteiger partial charge >= 0.3 is 0 Å². The van der Waals surface area contributed by atoms with Gasteiger partial charge in [-0.25, -0.2) is 0 Å². The van der Waals surface area contributed by atoms with Crippen LogP contribution < -0.4 is 0 Å². The Kier molecular flexibility index (Phi) is 7.09. The summed E-state index contributed by atoms with van der Waals surface area (Å²) in [5.41, 5.74) is 3.28. The summed E-state index contributed by atoms with van der Waals surface area (Å²) in [5.74, 6) is 0. The van der Waals surface area contributed by atoms with Crippen LogP contribution in [0.15, 0.2) is 30.3 Å². The van der Waals surface area contributed by atoms with E-state index < -0.39 is 0 Å². The molecule has 1 heteroatoms. The molecule has 0 N–H and O–H groups in total. The zero-order chi connectivity index (χ0) is 13.2. The van der Waals surface area contributed by atoms with Gasteiger partial charge in [0.2, 0.25) is 0 Å². The average Bonchev–Trinajstić information content (AvgIpc) is 2.42. The molecule has 0 saturated carbocycles. The fourth-order valence-corrected chi connectivity index (χ4v) is 2.09. The van der Waals surface area contributed by atoms with Crippen molar-refractivity contribution in [2.45, 2.75) is 52.4 Å². The maximum Gasteiger partial charge on any atom is 0.150 e. The Morgan fingerprint density at radius 1 is 1.11 bits per heavy atom. The van der Waals surface area contributed by atoms with Gasteiger partial charge in [-0.3, -0.25) is 4.79 Å². The third-order valence-corrected chi connectivity index (χ3v) is 3.18. The van der Waals surface area contributed by atoms with Crippen molar-refractivity contribution in [1.29, 1.82) is 0 Å². The van der Waals surface area contributed by atoms with Gasteiger partial charge in [-0.05, 0) is 30.4 Å². The highest BCUT2D eigenvalue weighted by atomic mass is 16.1. The molecule has 0 aliphatic carbocycles. The molecule has 0 aromatic heterocycles. The smallest absolute Gasteiger partial charge is 0.150 e. The lowest BCUT2D eigenvalue weighted by Crippen LogP contribution is -1.93. The van der Waals surface area contributed by atoms with Crippen LogP contribution in [0, 0.1) is 0 Å². The molecule has 0 fully saturated rings. The van der Waals surface area contributed by atoms with Crippen LogP contribution in [0.1, 0.15) is 68.3 Å². The largest absolute Gasteiger partial charge is 0.298 e. The summed E-state index contributed by atoms with van der Waals surface area (Å²) < 4.78 is 0. The monoisotopic (exact) mass is 244 g/mol. The Balaban J connectivity index is 2.93. The molecular formula is C17H24O. The van der Waals surface area contributed by atoms with Crippen molar-refractivity contribution in [2.75, 3.05) is 0 Å². The molecule has 0 amide bonds. The Morgan fingerprint density at radius 2 is 1.83 bits per heavy atom. The molecule has 0 heterocycles. The summed E-state index contributed by atoms with van der Waals surface area (Å²) in [6, 6.07) is 7.91. The molecule has 18 heavy (non-hydrogen) atoms. The highest BCUT2D eigenvalue weighted by Crippen LogP contribution is 2.24.